The summed E-state index contributed by atoms with van der Waals surface area (Å²) < 4.78 is 12.1. The first-order valence-electron chi connectivity index (χ1n) is 6.81. The molecule has 0 aromatic heterocycles. The molecule has 0 saturated heterocycles. The van der Waals surface area contributed by atoms with Crippen molar-refractivity contribution in [1.29, 1.82) is 0 Å². The maximum absolute atomic E-state index is 10.5. The smallest absolute Gasteiger partial charge is 0.303 e. The third-order valence-electron chi connectivity index (χ3n) is 3.31. The van der Waals surface area contributed by atoms with Crippen LogP contribution in [0, 0.1) is 5.92 Å². The summed E-state index contributed by atoms with van der Waals surface area (Å²) >= 11 is 3.51. The summed E-state index contributed by atoms with van der Waals surface area (Å²) in [6, 6.07) is 3.90. The van der Waals surface area contributed by atoms with Crippen LogP contribution < -0.4 is 9.47 Å². The first kappa shape index (κ1) is 15.2. The highest BCUT2D eigenvalue weighted by molar-refractivity contribution is 9.10. The SMILES string of the molecule is COc1cc(CCCC(=O)O)cc(Br)c1OCC1CC1. The molecule has 0 bridgehead atoms. The molecule has 4 nitrogen and oxygen atoms in total. The number of methoxy groups -OCH3 is 1. The van der Waals surface area contributed by atoms with Crippen molar-refractivity contribution in [3.05, 3.63) is 22.2 Å². The monoisotopic (exact) mass is 342 g/mol. The minimum Gasteiger partial charge on any atom is -0.493 e. The number of carboxylic acids is 1. The number of rotatable bonds is 8. The number of halogens is 1. The normalized spacial score (nSPS) is 14.1. The lowest BCUT2D eigenvalue weighted by Gasteiger charge is -2.14. The second kappa shape index (κ2) is 6.97. The Kier molecular flexibility index (Phi) is 5.29. The zero-order valence-corrected chi connectivity index (χ0v) is 13.1. The molecule has 0 radical (unpaired) electrons. The zero-order chi connectivity index (χ0) is 14.5. The number of carboxylic acid groups (broad SMARTS) is 1. The molecular weight excluding hydrogens is 324 g/mol. The van der Waals surface area contributed by atoms with E-state index in [0.717, 1.165) is 22.4 Å². The highest BCUT2D eigenvalue weighted by Gasteiger charge is 2.23. The van der Waals surface area contributed by atoms with E-state index in [2.05, 4.69) is 15.9 Å². The van der Waals surface area contributed by atoms with Crippen LogP contribution in [-0.4, -0.2) is 24.8 Å². The molecule has 0 amide bonds. The second-order valence-corrected chi connectivity index (χ2v) is 5.97. The van der Waals surface area contributed by atoms with Crippen LogP contribution >= 0.6 is 15.9 Å². The minimum atomic E-state index is -0.764. The average Bonchev–Trinajstić information content (AvgIpc) is 3.20. The van der Waals surface area contributed by atoms with Crippen molar-refractivity contribution in [3.8, 4) is 11.5 Å². The molecule has 1 N–H and O–H groups in total. The van der Waals surface area contributed by atoms with E-state index in [1.807, 2.05) is 12.1 Å². The van der Waals surface area contributed by atoms with Gasteiger partial charge >= 0.3 is 5.97 Å². The van der Waals surface area contributed by atoms with Crippen molar-refractivity contribution in [1.82, 2.24) is 0 Å². The second-order valence-electron chi connectivity index (χ2n) is 5.11. The predicted molar refractivity (Wildman–Crippen MR) is 79.5 cm³/mol. The highest BCUT2D eigenvalue weighted by atomic mass is 79.9. The van der Waals surface area contributed by atoms with E-state index in [1.54, 1.807) is 7.11 Å². The van der Waals surface area contributed by atoms with Crippen molar-refractivity contribution in [2.75, 3.05) is 13.7 Å². The maximum atomic E-state index is 10.5. The number of hydrogen-bond acceptors (Lipinski definition) is 3. The molecule has 2 rings (SSSR count). The van der Waals surface area contributed by atoms with Crippen molar-refractivity contribution in [2.45, 2.75) is 32.1 Å². The number of hydrogen-bond donors (Lipinski definition) is 1. The highest BCUT2D eigenvalue weighted by Crippen LogP contribution is 2.39. The summed E-state index contributed by atoms with van der Waals surface area (Å²) in [4.78, 5) is 10.5. The summed E-state index contributed by atoms with van der Waals surface area (Å²) in [5.41, 5.74) is 1.05. The van der Waals surface area contributed by atoms with Gasteiger partial charge in [0.25, 0.3) is 0 Å². The molecule has 20 heavy (non-hydrogen) atoms. The number of aliphatic carboxylic acids is 1. The van der Waals surface area contributed by atoms with E-state index in [0.29, 0.717) is 24.5 Å². The largest absolute Gasteiger partial charge is 0.493 e. The predicted octanol–water partition coefficient (Wildman–Crippen LogP) is 3.65. The van der Waals surface area contributed by atoms with Gasteiger partial charge in [-0.15, -0.1) is 0 Å². The maximum Gasteiger partial charge on any atom is 0.303 e. The number of ether oxygens (including phenoxy) is 2. The number of carbonyl (C=O) groups is 1. The van der Waals surface area contributed by atoms with Crippen molar-refractivity contribution in [3.63, 3.8) is 0 Å². The van der Waals surface area contributed by atoms with E-state index in [1.165, 1.54) is 12.8 Å². The van der Waals surface area contributed by atoms with Gasteiger partial charge in [0.05, 0.1) is 18.2 Å². The first-order valence-corrected chi connectivity index (χ1v) is 7.60. The zero-order valence-electron chi connectivity index (χ0n) is 11.5. The molecule has 1 aromatic carbocycles. The van der Waals surface area contributed by atoms with Gasteiger partial charge in [-0.2, -0.15) is 0 Å². The summed E-state index contributed by atoms with van der Waals surface area (Å²) in [6.07, 6.45) is 4.00. The van der Waals surface area contributed by atoms with Crippen molar-refractivity contribution >= 4 is 21.9 Å². The molecule has 5 heteroatoms. The van der Waals surface area contributed by atoms with Crippen LogP contribution in [0.4, 0.5) is 0 Å². The third kappa shape index (κ3) is 4.40. The van der Waals surface area contributed by atoms with Crippen LogP contribution in [0.25, 0.3) is 0 Å². The molecule has 0 unspecified atom stereocenters. The van der Waals surface area contributed by atoms with Gasteiger partial charge in [0, 0.05) is 6.42 Å². The van der Waals surface area contributed by atoms with E-state index in [-0.39, 0.29) is 6.42 Å². The minimum absolute atomic E-state index is 0.180. The lowest BCUT2D eigenvalue weighted by molar-refractivity contribution is -0.137. The van der Waals surface area contributed by atoms with Gasteiger partial charge in [0.1, 0.15) is 0 Å². The molecule has 1 aliphatic carbocycles. The van der Waals surface area contributed by atoms with E-state index in [4.69, 9.17) is 14.6 Å². The molecule has 0 aliphatic heterocycles. The number of aryl methyl sites for hydroxylation is 1. The van der Waals surface area contributed by atoms with Crippen LogP contribution in [-0.2, 0) is 11.2 Å². The Balaban J connectivity index is 2.03. The Bertz CT molecular complexity index is 483. The van der Waals surface area contributed by atoms with Crippen LogP contribution in [0.3, 0.4) is 0 Å². The summed E-state index contributed by atoms with van der Waals surface area (Å²) in [7, 11) is 1.62. The lowest BCUT2D eigenvalue weighted by atomic mass is 10.1. The molecule has 1 aliphatic rings. The number of benzene rings is 1. The van der Waals surface area contributed by atoms with Gasteiger partial charge in [-0.05, 0) is 65.2 Å². The molecule has 0 heterocycles. The fourth-order valence-electron chi connectivity index (χ4n) is 1.99. The van der Waals surface area contributed by atoms with Gasteiger partial charge in [-0.25, -0.2) is 0 Å². The molecular formula is C15H19BrO4. The quantitative estimate of drug-likeness (QED) is 0.783. The van der Waals surface area contributed by atoms with Crippen LogP contribution in [0.2, 0.25) is 0 Å². The standard InChI is InChI=1S/C15H19BrO4/c1-19-13-8-11(3-2-4-14(17)18)7-12(16)15(13)20-9-10-5-6-10/h7-8,10H,2-6,9H2,1H3,(H,17,18). The van der Waals surface area contributed by atoms with Gasteiger partial charge < -0.3 is 14.6 Å². The topological polar surface area (TPSA) is 55.8 Å². The van der Waals surface area contributed by atoms with Crippen LogP contribution in [0.15, 0.2) is 16.6 Å². The first-order chi connectivity index (χ1) is 9.60. The van der Waals surface area contributed by atoms with Gasteiger partial charge in [0.15, 0.2) is 11.5 Å². The Morgan fingerprint density at radius 2 is 2.20 bits per heavy atom. The molecule has 0 atom stereocenters. The van der Waals surface area contributed by atoms with Gasteiger partial charge in [-0.1, -0.05) is 0 Å². The molecule has 1 aromatic rings. The van der Waals surface area contributed by atoms with Gasteiger partial charge in [0.2, 0.25) is 0 Å². The average molecular weight is 343 g/mol. The molecule has 1 saturated carbocycles. The van der Waals surface area contributed by atoms with E-state index in [9.17, 15) is 4.79 Å². The van der Waals surface area contributed by atoms with Crippen LogP contribution in [0.5, 0.6) is 11.5 Å². The summed E-state index contributed by atoms with van der Waals surface area (Å²) in [6.45, 7) is 0.729. The lowest BCUT2D eigenvalue weighted by Crippen LogP contribution is -2.02. The molecule has 110 valence electrons. The Hall–Kier alpha value is -1.23. The van der Waals surface area contributed by atoms with Gasteiger partial charge in [-0.3, -0.25) is 4.79 Å². The Morgan fingerprint density at radius 3 is 2.80 bits per heavy atom. The van der Waals surface area contributed by atoms with E-state index >= 15 is 0 Å². The fraction of sp³-hybridized carbons (Fsp3) is 0.533. The van der Waals surface area contributed by atoms with E-state index < -0.39 is 5.97 Å². The fourth-order valence-corrected chi connectivity index (χ4v) is 2.59. The van der Waals surface area contributed by atoms with Crippen molar-refractivity contribution < 1.29 is 19.4 Å². The van der Waals surface area contributed by atoms with Crippen molar-refractivity contribution in [2.24, 2.45) is 5.92 Å². The summed E-state index contributed by atoms with van der Waals surface area (Å²) in [5.74, 6) is 1.36. The summed E-state index contributed by atoms with van der Waals surface area (Å²) in [5, 5.41) is 8.66. The molecule has 0 spiro atoms. The third-order valence-corrected chi connectivity index (χ3v) is 3.89. The Morgan fingerprint density at radius 1 is 1.45 bits per heavy atom. The van der Waals surface area contributed by atoms with Crippen LogP contribution in [0.1, 0.15) is 31.2 Å². The Labute approximate surface area is 127 Å². The molecule has 1 fully saturated rings.